The summed E-state index contributed by atoms with van der Waals surface area (Å²) in [7, 11) is 0. The molecule has 2 N–H and O–H groups in total. The molecule has 0 radical (unpaired) electrons. The molecule has 3 aromatic rings. The highest BCUT2D eigenvalue weighted by Crippen LogP contribution is 2.22. The van der Waals surface area contributed by atoms with Gasteiger partial charge in [0.2, 0.25) is 5.91 Å². The Bertz CT molecular complexity index is 1150. The Kier molecular flexibility index (Phi) is 7.40. The van der Waals surface area contributed by atoms with Gasteiger partial charge < -0.3 is 4.74 Å². The van der Waals surface area contributed by atoms with Crippen molar-refractivity contribution in [2.45, 2.75) is 19.8 Å². The summed E-state index contributed by atoms with van der Waals surface area (Å²) in [5, 5.41) is 15.6. The van der Waals surface area contributed by atoms with E-state index in [9.17, 15) is 19.7 Å². The van der Waals surface area contributed by atoms with Crippen molar-refractivity contribution in [2.75, 3.05) is 6.61 Å². The third-order valence-electron chi connectivity index (χ3n) is 4.38. The zero-order chi connectivity index (χ0) is 23.1. The van der Waals surface area contributed by atoms with E-state index in [-0.39, 0.29) is 23.7 Å². The number of nitrogens with one attached hydrogen (secondary N) is 2. The van der Waals surface area contributed by atoms with Gasteiger partial charge in [0, 0.05) is 29.8 Å². The van der Waals surface area contributed by atoms with E-state index in [4.69, 9.17) is 16.3 Å². The largest absolute Gasteiger partial charge is 0.493 e. The average Bonchev–Trinajstić information content (AvgIpc) is 3.27. The maximum Gasteiger partial charge on any atom is 0.290 e. The summed E-state index contributed by atoms with van der Waals surface area (Å²) < 4.78 is 6.96. The minimum Gasteiger partial charge on any atom is -0.493 e. The van der Waals surface area contributed by atoms with Gasteiger partial charge in [0.15, 0.2) is 5.69 Å². The summed E-state index contributed by atoms with van der Waals surface area (Å²) in [5.74, 6) is -0.300. The van der Waals surface area contributed by atoms with E-state index in [1.54, 1.807) is 24.3 Å². The first kappa shape index (κ1) is 22.8. The first-order chi connectivity index (χ1) is 15.3. The molecule has 0 atom stereocenters. The van der Waals surface area contributed by atoms with E-state index in [1.807, 2.05) is 6.92 Å². The molecule has 0 unspecified atom stereocenters. The van der Waals surface area contributed by atoms with Crippen molar-refractivity contribution in [3.05, 3.63) is 81.1 Å². The quantitative estimate of drug-likeness (QED) is 0.303. The fourth-order valence-electron chi connectivity index (χ4n) is 2.78. The highest BCUT2D eigenvalue weighted by Gasteiger charge is 2.13. The number of nitrogens with zero attached hydrogens (tertiary/aromatic N) is 3. The maximum absolute atomic E-state index is 12.2. The summed E-state index contributed by atoms with van der Waals surface area (Å²) in [6.07, 6.45) is 2.09. The van der Waals surface area contributed by atoms with Crippen LogP contribution in [0.2, 0.25) is 5.02 Å². The SMILES string of the molecule is Cc1cc(Cl)ccc1OCCCC(=O)NNC(=O)c1ccn(-c2cccc([N+](=O)[O-])c2)n1. The van der Waals surface area contributed by atoms with Crippen LogP contribution in [0.15, 0.2) is 54.7 Å². The summed E-state index contributed by atoms with van der Waals surface area (Å²) in [4.78, 5) is 34.5. The molecule has 3 rings (SSSR count). The van der Waals surface area contributed by atoms with Crippen LogP contribution in [0.25, 0.3) is 5.69 Å². The summed E-state index contributed by atoms with van der Waals surface area (Å²) in [5.41, 5.74) is 5.89. The van der Waals surface area contributed by atoms with Crippen molar-refractivity contribution >= 4 is 29.1 Å². The molecule has 0 fully saturated rings. The minimum absolute atomic E-state index is 0.0401. The fourth-order valence-corrected chi connectivity index (χ4v) is 3.01. The Balaban J connectivity index is 1.44. The lowest BCUT2D eigenvalue weighted by molar-refractivity contribution is -0.384. The second-order valence-corrected chi connectivity index (χ2v) is 7.22. The van der Waals surface area contributed by atoms with Gasteiger partial charge in [-0.3, -0.25) is 30.6 Å². The van der Waals surface area contributed by atoms with Gasteiger partial charge in [-0.05, 0) is 49.2 Å². The zero-order valence-corrected chi connectivity index (χ0v) is 17.8. The number of aryl methyl sites for hydroxylation is 1. The Hall–Kier alpha value is -3.92. The molecule has 1 aromatic heterocycles. The molecule has 1 heterocycles. The van der Waals surface area contributed by atoms with Crippen LogP contribution in [-0.4, -0.2) is 33.1 Å². The molecule has 0 bridgehead atoms. The number of rotatable bonds is 8. The van der Waals surface area contributed by atoms with Gasteiger partial charge >= 0.3 is 0 Å². The minimum atomic E-state index is -0.615. The topological polar surface area (TPSA) is 128 Å². The molecule has 10 nitrogen and oxygen atoms in total. The van der Waals surface area contributed by atoms with E-state index < -0.39 is 10.8 Å². The molecule has 2 aromatic carbocycles. The normalized spacial score (nSPS) is 10.4. The molecule has 2 amide bonds. The highest BCUT2D eigenvalue weighted by molar-refractivity contribution is 6.30. The van der Waals surface area contributed by atoms with Gasteiger partial charge in [-0.1, -0.05) is 17.7 Å². The number of ether oxygens (including phenoxy) is 1. The number of amides is 2. The number of hydrazine groups is 1. The Morgan fingerprint density at radius 2 is 2.00 bits per heavy atom. The lowest BCUT2D eigenvalue weighted by atomic mass is 10.2. The Morgan fingerprint density at radius 1 is 1.19 bits per heavy atom. The Labute approximate surface area is 188 Å². The molecule has 0 spiro atoms. The molecule has 166 valence electrons. The van der Waals surface area contributed by atoms with Crippen molar-refractivity contribution in [3.8, 4) is 11.4 Å². The number of halogens is 1. The average molecular weight is 458 g/mol. The van der Waals surface area contributed by atoms with Crippen molar-refractivity contribution in [3.63, 3.8) is 0 Å². The van der Waals surface area contributed by atoms with E-state index in [2.05, 4.69) is 16.0 Å². The van der Waals surface area contributed by atoms with Gasteiger partial charge in [-0.15, -0.1) is 0 Å². The summed E-state index contributed by atoms with van der Waals surface area (Å²) in [6.45, 7) is 2.21. The zero-order valence-electron chi connectivity index (χ0n) is 17.1. The Morgan fingerprint density at radius 3 is 2.75 bits per heavy atom. The summed E-state index contributed by atoms with van der Waals surface area (Å²) in [6, 6.07) is 12.6. The van der Waals surface area contributed by atoms with Gasteiger partial charge in [0.1, 0.15) is 5.75 Å². The van der Waals surface area contributed by atoms with Crippen LogP contribution in [0, 0.1) is 17.0 Å². The first-order valence-corrected chi connectivity index (χ1v) is 10.00. The van der Waals surface area contributed by atoms with Crippen LogP contribution in [0.1, 0.15) is 28.9 Å². The third-order valence-corrected chi connectivity index (χ3v) is 4.62. The molecule has 0 saturated heterocycles. The maximum atomic E-state index is 12.2. The van der Waals surface area contributed by atoms with Crippen LogP contribution >= 0.6 is 11.6 Å². The van der Waals surface area contributed by atoms with E-state index >= 15 is 0 Å². The van der Waals surface area contributed by atoms with Crippen LogP contribution in [0.4, 0.5) is 5.69 Å². The number of nitro benzene ring substituents is 1. The smallest absolute Gasteiger partial charge is 0.290 e. The van der Waals surface area contributed by atoms with Gasteiger partial charge in [0.25, 0.3) is 11.6 Å². The van der Waals surface area contributed by atoms with E-state index in [0.29, 0.717) is 29.5 Å². The second kappa shape index (κ2) is 10.4. The van der Waals surface area contributed by atoms with Crippen LogP contribution < -0.4 is 15.6 Å². The van der Waals surface area contributed by atoms with Crippen LogP contribution in [0.5, 0.6) is 5.75 Å². The van der Waals surface area contributed by atoms with Gasteiger partial charge in [-0.25, -0.2) is 4.68 Å². The number of hydrogen-bond donors (Lipinski definition) is 2. The highest BCUT2D eigenvalue weighted by atomic mass is 35.5. The molecule has 0 aliphatic carbocycles. The lowest BCUT2D eigenvalue weighted by Crippen LogP contribution is -2.41. The van der Waals surface area contributed by atoms with Crippen molar-refractivity contribution in [1.29, 1.82) is 0 Å². The number of carbonyl (C=O) groups is 2. The molecule has 11 heteroatoms. The third kappa shape index (κ3) is 6.05. The number of aromatic nitrogens is 2. The molecular formula is C21H20ClN5O5. The number of benzene rings is 2. The van der Waals surface area contributed by atoms with Crippen molar-refractivity contribution in [2.24, 2.45) is 0 Å². The lowest BCUT2D eigenvalue weighted by Gasteiger charge is -2.09. The molecule has 0 aliphatic heterocycles. The number of nitro groups is 1. The molecule has 0 aliphatic rings. The standard InChI is InChI=1S/C21H20ClN5O5/c1-14-12-15(22)7-8-19(14)32-11-3-6-20(28)23-24-21(29)18-9-10-26(25-18)16-4-2-5-17(13-16)27(30)31/h2,4-5,7-10,12-13H,3,6,11H2,1H3,(H,23,28)(H,24,29). The van der Waals surface area contributed by atoms with E-state index in [0.717, 1.165) is 5.56 Å². The van der Waals surface area contributed by atoms with Crippen LogP contribution in [-0.2, 0) is 4.79 Å². The van der Waals surface area contributed by atoms with Gasteiger partial charge in [-0.2, -0.15) is 5.10 Å². The van der Waals surface area contributed by atoms with Crippen LogP contribution in [0.3, 0.4) is 0 Å². The first-order valence-electron chi connectivity index (χ1n) is 9.62. The summed E-state index contributed by atoms with van der Waals surface area (Å²) >= 11 is 5.90. The predicted octanol–water partition coefficient (Wildman–Crippen LogP) is 3.36. The predicted molar refractivity (Wildman–Crippen MR) is 117 cm³/mol. The van der Waals surface area contributed by atoms with Crippen molar-refractivity contribution < 1.29 is 19.2 Å². The number of hydrogen-bond acceptors (Lipinski definition) is 6. The van der Waals surface area contributed by atoms with Crippen molar-refractivity contribution in [1.82, 2.24) is 20.6 Å². The van der Waals surface area contributed by atoms with Gasteiger partial charge in [0.05, 0.1) is 17.2 Å². The molecular weight excluding hydrogens is 438 g/mol. The number of carbonyl (C=O) groups excluding carboxylic acids is 2. The molecule has 32 heavy (non-hydrogen) atoms. The second-order valence-electron chi connectivity index (χ2n) is 6.79. The molecule has 0 saturated carbocycles. The number of non-ortho nitro benzene ring substituents is 1. The van der Waals surface area contributed by atoms with E-state index in [1.165, 1.54) is 35.1 Å². The monoisotopic (exact) mass is 457 g/mol. The fraction of sp³-hybridized carbons (Fsp3) is 0.190.